The molecule has 4 rings (SSSR count). The quantitative estimate of drug-likeness (QED) is 0.700. The Kier molecular flexibility index (Phi) is 4.90. The number of hydrogen-bond donors (Lipinski definition) is 2. The van der Waals surface area contributed by atoms with Crippen LogP contribution in [0.3, 0.4) is 0 Å². The minimum absolute atomic E-state index is 0.149. The van der Waals surface area contributed by atoms with Gasteiger partial charge in [-0.25, -0.2) is 4.68 Å². The highest BCUT2D eigenvalue weighted by molar-refractivity contribution is 6.03. The molecular weight excluding hydrogens is 360 g/mol. The molecule has 2 amide bonds. The first-order valence-corrected chi connectivity index (χ1v) is 9.01. The molecule has 0 bridgehead atoms. The van der Waals surface area contributed by atoms with Crippen LogP contribution < -0.4 is 11.1 Å². The van der Waals surface area contributed by atoms with Crippen LogP contribution in [0.2, 0.25) is 0 Å². The third-order valence-electron chi connectivity index (χ3n) is 4.65. The number of benzene rings is 1. The molecular formula is C19H20N6O3. The summed E-state index contributed by atoms with van der Waals surface area (Å²) in [7, 11) is 0. The second-order valence-electron chi connectivity index (χ2n) is 6.51. The van der Waals surface area contributed by atoms with E-state index < -0.39 is 5.91 Å². The van der Waals surface area contributed by atoms with Crippen LogP contribution in [0.25, 0.3) is 5.69 Å². The number of carbonyl (C=O) groups excluding carboxylic acids is 2. The normalized spacial score (nSPS) is 14.7. The maximum atomic E-state index is 12.7. The van der Waals surface area contributed by atoms with Gasteiger partial charge in [0.1, 0.15) is 5.69 Å². The lowest BCUT2D eigenvalue weighted by molar-refractivity contribution is 0.0661. The first-order valence-electron chi connectivity index (χ1n) is 9.01. The van der Waals surface area contributed by atoms with Crippen molar-refractivity contribution >= 4 is 17.5 Å². The lowest BCUT2D eigenvalue weighted by Gasteiger charge is -2.22. The molecule has 28 heavy (non-hydrogen) atoms. The number of aromatic nitrogens is 4. The van der Waals surface area contributed by atoms with Crippen LogP contribution in [0.1, 0.15) is 39.9 Å². The summed E-state index contributed by atoms with van der Waals surface area (Å²) in [4.78, 5) is 24.0. The largest absolute Gasteiger partial charge is 0.381 e. The molecule has 9 nitrogen and oxygen atoms in total. The fourth-order valence-electron chi connectivity index (χ4n) is 3.17. The Morgan fingerprint density at radius 3 is 2.54 bits per heavy atom. The van der Waals surface area contributed by atoms with Gasteiger partial charge < -0.3 is 15.8 Å². The molecule has 3 N–H and O–H groups in total. The summed E-state index contributed by atoms with van der Waals surface area (Å²) in [6.45, 7) is 1.41. The van der Waals surface area contributed by atoms with Crippen LogP contribution in [-0.2, 0) is 4.74 Å². The predicted octanol–water partition coefficient (Wildman–Crippen LogP) is 1.77. The van der Waals surface area contributed by atoms with Crippen molar-refractivity contribution in [2.75, 3.05) is 18.5 Å². The van der Waals surface area contributed by atoms with Crippen molar-refractivity contribution in [1.82, 2.24) is 19.6 Å². The highest BCUT2D eigenvalue weighted by Crippen LogP contribution is 2.22. The van der Waals surface area contributed by atoms with E-state index in [1.165, 1.54) is 10.7 Å². The van der Waals surface area contributed by atoms with Gasteiger partial charge in [0, 0.05) is 25.6 Å². The second kappa shape index (κ2) is 7.65. The van der Waals surface area contributed by atoms with E-state index in [2.05, 4.69) is 15.5 Å². The zero-order chi connectivity index (χ0) is 19.5. The molecule has 0 spiro atoms. The number of rotatable bonds is 5. The highest BCUT2D eigenvalue weighted by atomic mass is 16.5. The number of anilines is 1. The molecule has 2 aromatic heterocycles. The van der Waals surface area contributed by atoms with Crippen LogP contribution in [0.4, 0.5) is 5.69 Å². The van der Waals surface area contributed by atoms with Crippen molar-refractivity contribution in [2.45, 2.75) is 18.9 Å². The van der Waals surface area contributed by atoms with E-state index in [0.717, 1.165) is 12.8 Å². The second-order valence-corrected chi connectivity index (χ2v) is 6.51. The van der Waals surface area contributed by atoms with E-state index in [4.69, 9.17) is 10.5 Å². The van der Waals surface area contributed by atoms with E-state index in [-0.39, 0.29) is 17.6 Å². The van der Waals surface area contributed by atoms with Gasteiger partial charge in [0.25, 0.3) is 11.8 Å². The Hall–Kier alpha value is -3.46. The van der Waals surface area contributed by atoms with Crippen molar-refractivity contribution in [3.05, 3.63) is 60.2 Å². The minimum Gasteiger partial charge on any atom is -0.381 e. The van der Waals surface area contributed by atoms with Crippen molar-refractivity contribution < 1.29 is 14.3 Å². The molecule has 0 aliphatic carbocycles. The molecule has 1 aliphatic rings. The van der Waals surface area contributed by atoms with Gasteiger partial charge in [-0.2, -0.15) is 10.2 Å². The molecule has 1 aliphatic heterocycles. The van der Waals surface area contributed by atoms with Crippen LogP contribution in [-0.4, -0.2) is 44.6 Å². The smallest absolute Gasteiger partial charge is 0.276 e. The Labute approximate surface area is 161 Å². The first kappa shape index (κ1) is 17.9. The van der Waals surface area contributed by atoms with Gasteiger partial charge in [-0.15, -0.1) is 0 Å². The van der Waals surface area contributed by atoms with E-state index in [0.29, 0.717) is 30.3 Å². The van der Waals surface area contributed by atoms with Gasteiger partial charge in [0.05, 0.1) is 17.4 Å². The average Bonchev–Trinajstić information content (AvgIpc) is 3.39. The lowest BCUT2D eigenvalue weighted by Crippen LogP contribution is -2.21. The third-order valence-corrected chi connectivity index (χ3v) is 4.65. The molecule has 0 radical (unpaired) electrons. The number of para-hydroxylation sites is 2. The summed E-state index contributed by atoms with van der Waals surface area (Å²) in [6.07, 6.45) is 5.20. The van der Waals surface area contributed by atoms with E-state index in [1.54, 1.807) is 30.5 Å². The van der Waals surface area contributed by atoms with Crippen LogP contribution in [0.5, 0.6) is 0 Å². The molecule has 3 heterocycles. The van der Waals surface area contributed by atoms with Crippen LogP contribution in [0, 0.1) is 0 Å². The first-order chi connectivity index (χ1) is 13.6. The maximum Gasteiger partial charge on any atom is 0.276 e. The minimum atomic E-state index is -0.612. The fourth-order valence-corrected chi connectivity index (χ4v) is 3.17. The zero-order valence-electron chi connectivity index (χ0n) is 15.1. The van der Waals surface area contributed by atoms with Crippen LogP contribution >= 0.6 is 0 Å². The van der Waals surface area contributed by atoms with Gasteiger partial charge in [0.15, 0.2) is 5.69 Å². The van der Waals surface area contributed by atoms with Gasteiger partial charge in [0.2, 0.25) is 0 Å². The summed E-state index contributed by atoms with van der Waals surface area (Å²) < 4.78 is 8.69. The molecule has 0 saturated carbocycles. The number of ether oxygens (including phenoxy) is 1. The third kappa shape index (κ3) is 3.65. The van der Waals surface area contributed by atoms with Gasteiger partial charge in [-0.3, -0.25) is 14.3 Å². The number of hydrogen-bond acceptors (Lipinski definition) is 5. The number of amides is 2. The number of carbonyl (C=O) groups is 2. The Balaban J connectivity index is 1.53. The van der Waals surface area contributed by atoms with E-state index in [9.17, 15) is 9.59 Å². The maximum absolute atomic E-state index is 12.7. The summed E-state index contributed by atoms with van der Waals surface area (Å²) >= 11 is 0. The molecule has 0 unspecified atom stereocenters. The zero-order valence-corrected chi connectivity index (χ0v) is 15.1. The number of primary amides is 1. The summed E-state index contributed by atoms with van der Waals surface area (Å²) in [6, 6.07) is 10.6. The average molecular weight is 380 g/mol. The molecule has 0 atom stereocenters. The molecule has 1 fully saturated rings. The summed E-state index contributed by atoms with van der Waals surface area (Å²) in [5, 5.41) is 11.4. The number of nitrogens with zero attached hydrogens (tertiary/aromatic N) is 4. The van der Waals surface area contributed by atoms with Crippen molar-refractivity contribution in [3.8, 4) is 5.69 Å². The van der Waals surface area contributed by atoms with Gasteiger partial charge >= 0.3 is 0 Å². The molecule has 3 aromatic rings. The van der Waals surface area contributed by atoms with Gasteiger partial charge in [-0.1, -0.05) is 12.1 Å². The SMILES string of the molecule is NC(=O)c1ccn(-c2ccccc2NC(=O)c2ccn(C3CCOCC3)n2)n1. The Bertz CT molecular complexity index is 1000. The monoisotopic (exact) mass is 380 g/mol. The Morgan fingerprint density at radius 2 is 1.79 bits per heavy atom. The van der Waals surface area contributed by atoms with Crippen molar-refractivity contribution in [3.63, 3.8) is 0 Å². The number of nitrogens with two attached hydrogens (primary N) is 1. The summed E-state index contributed by atoms with van der Waals surface area (Å²) in [5.41, 5.74) is 6.91. The summed E-state index contributed by atoms with van der Waals surface area (Å²) in [5.74, 6) is -0.931. The topological polar surface area (TPSA) is 117 Å². The Morgan fingerprint density at radius 1 is 1.04 bits per heavy atom. The molecule has 1 aromatic carbocycles. The molecule has 144 valence electrons. The predicted molar refractivity (Wildman–Crippen MR) is 101 cm³/mol. The lowest BCUT2D eigenvalue weighted by atomic mass is 10.1. The molecule has 1 saturated heterocycles. The van der Waals surface area contributed by atoms with Gasteiger partial charge in [-0.05, 0) is 37.1 Å². The van der Waals surface area contributed by atoms with E-state index >= 15 is 0 Å². The number of nitrogens with one attached hydrogen (secondary N) is 1. The van der Waals surface area contributed by atoms with Crippen LogP contribution in [0.15, 0.2) is 48.8 Å². The van der Waals surface area contributed by atoms with E-state index in [1.807, 2.05) is 16.9 Å². The van der Waals surface area contributed by atoms with Crippen molar-refractivity contribution in [2.24, 2.45) is 5.73 Å². The van der Waals surface area contributed by atoms with Crippen molar-refractivity contribution in [1.29, 1.82) is 0 Å². The fraction of sp³-hybridized carbons (Fsp3) is 0.263. The highest BCUT2D eigenvalue weighted by Gasteiger charge is 2.19. The standard InChI is InChI=1S/C19H20N6O3/c20-18(26)15-5-10-25(22-15)17-4-2-1-3-14(17)21-19(27)16-6-9-24(23-16)13-7-11-28-12-8-13/h1-6,9-10,13H,7-8,11-12H2,(H2,20,26)(H,21,27). The molecule has 9 heteroatoms.